The molecule has 2 aromatic carbocycles. The van der Waals surface area contributed by atoms with E-state index in [-0.39, 0.29) is 0 Å². The average Bonchev–Trinajstić information content (AvgIpc) is 3.09. The Morgan fingerprint density at radius 1 is 0.875 bits per heavy atom. The van der Waals surface area contributed by atoms with Gasteiger partial charge in [0.2, 0.25) is 0 Å². The van der Waals surface area contributed by atoms with Gasteiger partial charge in [-0.15, -0.1) is 0 Å². The molecule has 0 radical (unpaired) electrons. The fourth-order valence-corrected chi connectivity index (χ4v) is 2.65. The van der Waals surface area contributed by atoms with E-state index in [2.05, 4.69) is 47.5 Å². The van der Waals surface area contributed by atoms with E-state index in [1.807, 2.05) is 18.2 Å². The summed E-state index contributed by atoms with van der Waals surface area (Å²) in [5.41, 5.74) is 5.66. The Bertz CT molecular complexity index is 785. The van der Waals surface area contributed by atoms with E-state index < -0.39 is 0 Å². The smallest absolute Gasteiger partial charge is 0.122 e. The lowest BCUT2D eigenvalue weighted by molar-refractivity contribution is 0.393. The van der Waals surface area contributed by atoms with Crippen molar-refractivity contribution >= 4 is 0 Å². The zero-order valence-electron chi connectivity index (χ0n) is 14.3. The third-order valence-electron chi connectivity index (χ3n) is 4.07. The van der Waals surface area contributed by atoms with Gasteiger partial charge in [0, 0.05) is 17.3 Å². The normalized spacial score (nSPS) is 10.6. The monoisotopic (exact) mass is 322 g/mol. The molecule has 124 valence electrons. The lowest BCUT2D eigenvalue weighted by Gasteiger charge is -2.08. The van der Waals surface area contributed by atoms with E-state index in [0.717, 1.165) is 41.3 Å². The van der Waals surface area contributed by atoms with E-state index in [0.29, 0.717) is 0 Å². The first-order valence-electron chi connectivity index (χ1n) is 8.01. The van der Waals surface area contributed by atoms with Crippen LogP contribution in [0.3, 0.4) is 0 Å². The van der Waals surface area contributed by atoms with Gasteiger partial charge in [0.15, 0.2) is 0 Å². The first-order chi connectivity index (χ1) is 11.7. The predicted octanol–water partition coefficient (Wildman–Crippen LogP) is 4.19. The number of benzene rings is 2. The van der Waals surface area contributed by atoms with Crippen LogP contribution in [0.25, 0.3) is 11.3 Å². The second-order valence-electron chi connectivity index (χ2n) is 5.87. The number of aromatic amines is 1. The van der Waals surface area contributed by atoms with Gasteiger partial charge in [0.05, 0.1) is 19.9 Å². The van der Waals surface area contributed by atoms with Crippen LogP contribution in [0.4, 0.5) is 0 Å². The van der Waals surface area contributed by atoms with Crippen molar-refractivity contribution in [2.75, 3.05) is 14.2 Å². The summed E-state index contributed by atoms with van der Waals surface area (Å²) >= 11 is 0. The maximum absolute atomic E-state index is 5.32. The SMILES string of the molecule is COc1cc(CCc2cc(-c3ccc(C)cc3)n[nH]2)cc(OC)c1. The van der Waals surface area contributed by atoms with Gasteiger partial charge in [-0.2, -0.15) is 5.10 Å². The van der Waals surface area contributed by atoms with Gasteiger partial charge in [-0.3, -0.25) is 5.10 Å². The molecule has 3 rings (SSSR count). The summed E-state index contributed by atoms with van der Waals surface area (Å²) < 4.78 is 10.6. The second-order valence-corrected chi connectivity index (χ2v) is 5.87. The molecule has 0 saturated heterocycles. The summed E-state index contributed by atoms with van der Waals surface area (Å²) in [6.45, 7) is 2.09. The molecule has 0 aliphatic heterocycles. The van der Waals surface area contributed by atoms with Crippen molar-refractivity contribution in [2.24, 2.45) is 0 Å². The van der Waals surface area contributed by atoms with E-state index in [9.17, 15) is 0 Å². The zero-order chi connectivity index (χ0) is 16.9. The predicted molar refractivity (Wildman–Crippen MR) is 95.7 cm³/mol. The molecule has 0 spiro atoms. The molecule has 4 heteroatoms. The van der Waals surface area contributed by atoms with Gasteiger partial charge < -0.3 is 9.47 Å². The van der Waals surface area contributed by atoms with Gasteiger partial charge in [0.1, 0.15) is 11.5 Å². The van der Waals surface area contributed by atoms with Crippen LogP contribution in [0.5, 0.6) is 11.5 Å². The Labute approximate surface area is 142 Å². The number of hydrogen-bond acceptors (Lipinski definition) is 3. The van der Waals surface area contributed by atoms with Crippen molar-refractivity contribution in [3.63, 3.8) is 0 Å². The number of aromatic nitrogens is 2. The topological polar surface area (TPSA) is 47.1 Å². The van der Waals surface area contributed by atoms with E-state index >= 15 is 0 Å². The first-order valence-corrected chi connectivity index (χ1v) is 8.01. The lowest BCUT2D eigenvalue weighted by Crippen LogP contribution is -1.95. The highest BCUT2D eigenvalue weighted by Gasteiger charge is 2.06. The van der Waals surface area contributed by atoms with Gasteiger partial charge in [-0.1, -0.05) is 29.8 Å². The maximum Gasteiger partial charge on any atom is 0.122 e. The first kappa shape index (κ1) is 16.1. The summed E-state index contributed by atoms with van der Waals surface area (Å²) in [4.78, 5) is 0. The van der Waals surface area contributed by atoms with Crippen molar-refractivity contribution < 1.29 is 9.47 Å². The summed E-state index contributed by atoms with van der Waals surface area (Å²) in [5.74, 6) is 1.63. The van der Waals surface area contributed by atoms with Crippen LogP contribution < -0.4 is 9.47 Å². The third-order valence-corrected chi connectivity index (χ3v) is 4.07. The Morgan fingerprint density at radius 2 is 1.54 bits per heavy atom. The lowest BCUT2D eigenvalue weighted by atomic mass is 10.1. The summed E-state index contributed by atoms with van der Waals surface area (Å²) in [6, 6.07) is 16.5. The highest BCUT2D eigenvalue weighted by Crippen LogP contribution is 2.24. The number of nitrogens with one attached hydrogen (secondary N) is 1. The fraction of sp³-hybridized carbons (Fsp3) is 0.250. The van der Waals surface area contributed by atoms with Gasteiger partial charge in [-0.05, 0) is 43.5 Å². The van der Waals surface area contributed by atoms with Gasteiger partial charge in [0.25, 0.3) is 0 Å². The molecule has 0 unspecified atom stereocenters. The van der Waals surface area contributed by atoms with Crippen LogP contribution in [0.15, 0.2) is 48.5 Å². The standard InChI is InChI=1S/C20H22N2O2/c1-14-4-7-16(8-5-14)20-12-17(21-22-20)9-6-15-10-18(23-2)13-19(11-15)24-3/h4-5,7-8,10-13H,6,9H2,1-3H3,(H,21,22). The number of H-pyrrole nitrogens is 1. The molecule has 4 nitrogen and oxygen atoms in total. The molecule has 24 heavy (non-hydrogen) atoms. The van der Waals surface area contributed by atoms with Crippen LogP contribution >= 0.6 is 0 Å². The Morgan fingerprint density at radius 3 is 2.17 bits per heavy atom. The van der Waals surface area contributed by atoms with Crippen molar-refractivity contribution in [2.45, 2.75) is 19.8 Å². The quantitative estimate of drug-likeness (QED) is 0.740. The molecule has 0 saturated carbocycles. The second kappa shape index (κ2) is 7.21. The molecule has 0 amide bonds. The molecule has 0 atom stereocenters. The van der Waals surface area contributed by atoms with Crippen LogP contribution in [0, 0.1) is 6.92 Å². The fourth-order valence-electron chi connectivity index (χ4n) is 2.65. The van der Waals surface area contributed by atoms with Crippen LogP contribution in [-0.4, -0.2) is 24.4 Å². The number of rotatable bonds is 6. The Kier molecular flexibility index (Phi) is 4.85. The molecule has 1 heterocycles. The van der Waals surface area contributed by atoms with Crippen LogP contribution in [0.2, 0.25) is 0 Å². The number of aryl methyl sites for hydroxylation is 3. The van der Waals surface area contributed by atoms with Gasteiger partial charge in [-0.25, -0.2) is 0 Å². The van der Waals surface area contributed by atoms with Crippen molar-refractivity contribution in [1.82, 2.24) is 10.2 Å². The number of hydrogen-bond donors (Lipinski definition) is 1. The third kappa shape index (κ3) is 3.77. The number of ether oxygens (including phenoxy) is 2. The summed E-state index contributed by atoms with van der Waals surface area (Å²) in [6.07, 6.45) is 1.78. The average molecular weight is 322 g/mol. The minimum absolute atomic E-state index is 0.814. The van der Waals surface area contributed by atoms with E-state index in [1.54, 1.807) is 14.2 Å². The maximum atomic E-state index is 5.32. The van der Waals surface area contributed by atoms with E-state index in [1.165, 1.54) is 11.1 Å². The molecular weight excluding hydrogens is 300 g/mol. The minimum atomic E-state index is 0.814. The van der Waals surface area contributed by atoms with Crippen molar-refractivity contribution in [3.05, 3.63) is 65.4 Å². The van der Waals surface area contributed by atoms with Crippen molar-refractivity contribution in [3.8, 4) is 22.8 Å². The highest BCUT2D eigenvalue weighted by molar-refractivity contribution is 5.59. The highest BCUT2D eigenvalue weighted by atomic mass is 16.5. The zero-order valence-corrected chi connectivity index (χ0v) is 14.3. The molecule has 1 N–H and O–H groups in total. The van der Waals surface area contributed by atoms with Crippen molar-refractivity contribution in [1.29, 1.82) is 0 Å². The molecule has 0 aliphatic rings. The molecule has 0 bridgehead atoms. The minimum Gasteiger partial charge on any atom is -0.497 e. The van der Waals surface area contributed by atoms with Gasteiger partial charge >= 0.3 is 0 Å². The Balaban J connectivity index is 1.70. The summed E-state index contributed by atoms with van der Waals surface area (Å²) in [7, 11) is 3.34. The van der Waals surface area contributed by atoms with Crippen LogP contribution in [-0.2, 0) is 12.8 Å². The summed E-state index contributed by atoms with van der Waals surface area (Å²) in [5, 5.41) is 7.56. The molecule has 0 aliphatic carbocycles. The largest absolute Gasteiger partial charge is 0.497 e. The molecular formula is C20H22N2O2. The van der Waals surface area contributed by atoms with Crippen LogP contribution in [0.1, 0.15) is 16.8 Å². The molecule has 1 aromatic heterocycles. The Hall–Kier alpha value is -2.75. The number of methoxy groups -OCH3 is 2. The molecule has 0 fully saturated rings. The molecule has 3 aromatic rings. The number of nitrogens with zero attached hydrogens (tertiary/aromatic N) is 1. The van der Waals surface area contributed by atoms with E-state index in [4.69, 9.17) is 9.47 Å².